The molecule has 1 aliphatic rings. The SMILES string of the molecule is COC(=O)C[C@@H](NC(=O)[C@@H](Cc1c(Br)[nH]c2ccccc12)NC(=O)[C@H](CC(C)C)NC(=O)[C@H](NC(=O)[C@@H]1CCCN1)C(C)(C)SC)C(=O)OC(C)(C)C. The molecule has 1 saturated heterocycles. The summed E-state index contributed by atoms with van der Waals surface area (Å²) in [5.74, 6) is -3.89. The number of H-pyrrole nitrogens is 1. The largest absolute Gasteiger partial charge is 0.469 e. The minimum absolute atomic E-state index is 0.0314. The molecule has 0 unspecified atom stereocenters. The fourth-order valence-electron chi connectivity index (χ4n) is 5.92. The number of carbonyl (C=O) groups excluding carboxylic acids is 6. The smallest absolute Gasteiger partial charge is 0.329 e. The number of benzene rings is 1. The molecule has 0 aliphatic carbocycles. The number of fused-ring (bicyclic) bond motifs is 1. The van der Waals surface area contributed by atoms with Crippen molar-refractivity contribution in [3.05, 3.63) is 34.4 Å². The number of carbonyl (C=O) groups is 6. The van der Waals surface area contributed by atoms with Crippen molar-refractivity contribution in [1.29, 1.82) is 0 Å². The Kier molecular flexibility index (Phi) is 15.8. The molecule has 53 heavy (non-hydrogen) atoms. The Hall–Kier alpha value is -3.63. The zero-order valence-electron chi connectivity index (χ0n) is 32.1. The zero-order chi connectivity index (χ0) is 39.7. The van der Waals surface area contributed by atoms with Gasteiger partial charge in [0.15, 0.2) is 0 Å². The van der Waals surface area contributed by atoms with Gasteiger partial charge in [0.1, 0.15) is 29.8 Å². The van der Waals surface area contributed by atoms with Gasteiger partial charge in [-0.1, -0.05) is 32.0 Å². The van der Waals surface area contributed by atoms with E-state index >= 15 is 0 Å². The average molecular weight is 824 g/mol. The van der Waals surface area contributed by atoms with Crippen molar-refractivity contribution < 1.29 is 38.2 Å². The maximum Gasteiger partial charge on any atom is 0.329 e. The molecule has 1 aliphatic heterocycles. The molecule has 0 bridgehead atoms. The second-order valence-electron chi connectivity index (χ2n) is 15.2. The normalized spacial score (nSPS) is 17.0. The van der Waals surface area contributed by atoms with Crippen LogP contribution in [0.25, 0.3) is 10.9 Å². The summed E-state index contributed by atoms with van der Waals surface area (Å²) in [6.07, 6.45) is 3.03. The minimum Gasteiger partial charge on any atom is -0.469 e. The Morgan fingerprint density at radius 1 is 0.925 bits per heavy atom. The van der Waals surface area contributed by atoms with Gasteiger partial charge in [-0.3, -0.25) is 24.0 Å². The molecule has 1 aromatic heterocycles. The summed E-state index contributed by atoms with van der Waals surface area (Å²) in [5.41, 5.74) is 0.549. The summed E-state index contributed by atoms with van der Waals surface area (Å²) in [6.45, 7) is 13.2. The van der Waals surface area contributed by atoms with Gasteiger partial charge in [-0.15, -0.1) is 0 Å². The predicted molar refractivity (Wildman–Crippen MR) is 208 cm³/mol. The van der Waals surface area contributed by atoms with Gasteiger partial charge in [-0.05, 0) is 100 Å². The Morgan fingerprint density at radius 2 is 1.55 bits per heavy atom. The van der Waals surface area contributed by atoms with Crippen LogP contribution in [0.2, 0.25) is 0 Å². The zero-order valence-corrected chi connectivity index (χ0v) is 34.5. The molecule has 0 radical (unpaired) electrons. The molecule has 5 atom stereocenters. The fourth-order valence-corrected chi connectivity index (χ4v) is 6.91. The van der Waals surface area contributed by atoms with Crippen molar-refractivity contribution in [2.75, 3.05) is 19.9 Å². The number of hydrogen-bond donors (Lipinski definition) is 6. The van der Waals surface area contributed by atoms with Crippen molar-refractivity contribution in [2.24, 2.45) is 5.92 Å². The van der Waals surface area contributed by atoms with Gasteiger partial charge in [0.2, 0.25) is 23.6 Å². The summed E-state index contributed by atoms with van der Waals surface area (Å²) in [7, 11) is 1.17. The number of halogens is 1. The van der Waals surface area contributed by atoms with Crippen LogP contribution in [0.4, 0.5) is 0 Å². The Morgan fingerprint density at radius 3 is 2.13 bits per heavy atom. The molecule has 3 rings (SSSR count). The van der Waals surface area contributed by atoms with Gasteiger partial charge in [0.25, 0.3) is 0 Å². The number of hydrogen-bond acceptors (Lipinski definition) is 10. The van der Waals surface area contributed by atoms with E-state index in [9.17, 15) is 28.8 Å². The molecule has 0 spiro atoms. The van der Waals surface area contributed by atoms with E-state index in [0.717, 1.165) is 17.3 Å². The van der Waals surface area contributed by atoms with Crippen molar-refractivity contribution >= 4 is 74.2 Å². The molecule has 2 aromatic rings. The number of esters is 2. The van der Waals surface area contributed by atoms with Gasteiger partial charge >= 0.3 is 11.9 Å². The molecule has 4 amide bonds. The number of rotatable bonds is 17. The number of ether oxygens (including phenoxy) is 2. The number of nitrogens with one attached hydrogen (secondary N) is 6. The second-order valence-corrected chi connectivity index (χ2v) is 17.4. The highest BCUT2D eigenvalue weighted by Gasteiger charge is 2.40. The van der Waals surface area contributed by atoms with Gasteiger partial charge in [0.05, 0.1) is 24.2 Å². The standard InChI is InChI=1S/C37H55BrN6O8S/c1-20(2)17-25(42-34(49)29(37(6,7)53-9)44-31(46)24-15-12-16-39-24)32(47)41-26(18-22-21-13-10-11-14-23(21)40-30(22)38)33(48)43-27(19-28(45)51-8)35(50)52-36(3,4)5/h10-11,13-14,20,24-27,29,39-40H,12,15-19H2,1-9H3,(H,41,47)(H,42,49)(H,43,48)(H,44,46)/t24-,25-,26+,27+,29-/m0/s1. The first-order chi connectivity index (χ1) is 24.8. The lowest BCUT2D eigenvalue weighted by Crippen LogP contribution is -2.62. The summed E-state index contributed by atoms with van der Waals surface area (Å²) in [6, 6.07) is 2.25. The molecular weight excluding hydrogens is 768 g/mol. The number of para-hydroxylation sites is 1. The summed E-state index contributed by atoms with van der Waals surface area (Å²) in [4.78, 5) is 84.3. The Bertz CT molecular complexity index is 1630. The van der Waals surface area contributed by atoms with Crippen LogP contribution >= 0.6 is 27.7 Å². The van der Waals surface area contributed by atoms with Crippen LogP contribution in [0.1, 0.15) is 79.7 Å². The minimum atomic E-state index is -1.42. The molecule has 6 N–H and O–H groups in total. The first-order valence-corrected chi connectivity index (χ1v) is 19.8. The lowest BCUT2D eigenvalue weighted by atomic mass is 9.98. The first-order valence-electron chi connectivity index (χ1n) is 17.8. The number of amides is 4. The number of methoxy groups -OCH3 is 1. The molecule has 1 fully saturated rings. The number of aromatic nitrogens is 1. The van der Waals surface area contributed by atoms with E-state index in [0.29, 0.717) is 23.1 Å². The molecular formula is C37H55BrN6O8S. The van der Waals surface area contributed by atoms with Crippen LogP contribution in [-0.2, 0) is 44.7 Å². The van der Waals surface area contributed by atoms with E-state index in [4.69, 9.17) is 9.47 Å². The Balaban J connectivity index is 1.97. The topological polar surface area (TPSA) is 197 Å². The van der Waals surface area contributed by atoms with E-state index in [1.165, 1.54) is 18.9 Å². The number of thioether (sulfide) groups is 1. The third-order valence-corrected chi connectivity index (χ3v) is 10.9. The van der Waals surface area contributed by atoms with Crippen LogP contribution in [0.15, 0.2) is 28.9 Å². The highest BCUT2D eigenvalue weighted by Crippen LogP contribution is 2.29. The second kappa shape index (κ2) is 19.1. The highest BCUT2D eigenvalue weighted by molar-refractivity contribution is 9.10. The Labute approximate surface area is 324 Å². The van der Waals surface area contributed by atoms with Crippen molar-refractivity contribution in [3.8, 4) is 0 Å². The lowest BCUT2D eigenvalue weighted by molar-refractivity contribution is -0.161. The maximum absolute atomic E-state index is 14.2. The highest BCUT2D eigenvalue weighted by atomic mass is 79.9. The van der Waals surface area contributed by atoms with E-state index in [2.05, 4.69) is 47.5 Å². The average Bonchev–Trinajstić information content (AvgIpc) is 3.73. The summed E-state index contributed by atoms with van der Waals surface area (Å²) < 4.78 is 10.1. The van der Waals surface area contributed by atoms with Crippen LogP contribution in [-0.4, -0.2) is 101 Å². The molecule has 14 nitrogen and oxygen atoms in total. The van der Waals surface area contributed by atoms with Crippen molar-refractivity contribution in [2.45, 2.75) is 121 Å². The van der Waals surface area contributed by atoms with Crippen LogP contribution in [0.3, 0.4) is 0 Å². The lowest BCUT2D eigenvalue weighted by Gasteiger charge is -2.34. The van der Waals surface area contributed by atoms with Gasteiger partial charge in [-0.2, -0.15) is 11.8 Å². The van der Waals surface area contributed by atoms with E-state index in [1.807, 2.05) is 58.2 Å². The van der Waals surface area contributed by atoms with Gasteiger partial charge in [0, 0.05) is 22.1 Å². The molecule has 16 heteroatoms. The van der Waals surface area contributed by atoms with Gasteiger partial charge < -0.3 is 41.0 Å². The van der Waals surface area contributed by atoms with Gasteiger partial charge in [-0.25, -0.2) is 4.79 Å². The quantitative estimate of drug-likeness (QED) is 0.129. The van der Waals surface area contributed by atoms with Crippen LogP contribution in [0, 0.1) is 5.92 Å². The van der Waals surface area contributed by atoms with Crippen molar-refractivity contribution in [1.82, 2.24) is 31.6 Å². The summed E-state index contributed by atoms with van der Waals surface area (Å²) in [5, 5.41) is 15.2. The van der Waals surface area contributed by atoms with E-state index in [1.54, 1.807) is 20.8 Å². The van der Waals surface area contributed by atoms with E-state index < -0.39 is 76.6 Å². The monoisotopic (exact) mass is 822 g/mol. The molecule has 0 saturated carbocycles. The fraction of sp³-hybridized carbons (Fsp3) is 0.622. The predicted octanol–water partition coefficient (Wildman–Crippen LogP) is 3.26. The maximum atomic E-state index is 14.2. The van der Waals surface area contributed by atoms with Crippen LogP contribution < -0.4 is 26.6 Å². The summed E-state index contributed by atoms with van der Waals surface area (Å²) >= 11 is 4.95. The van der Waals surface area contributed by atoms with Crippen molar-refractivity contribution in [3.63, 3.8) is 0 Å². The molecule has 2 heterocycles. The third-order valence-electron chi connectivity index (χ3n) is 8.90. The number of aromatic amines is 1. The van der Waals surface area contributed by atoms with E-state index in [-0.39, 0.29) is 24.7 Å². The third kappa shape index (κ3) is 12.7. The first kappa shape index (κ1) is 43.8. The van der Waals surface area contributed by atoms with Crippen LogP contribution in [0.5, 0.6) is 0 Å². The molecule has 1 aromatic carbocycles. The molecule has 294 valence electrons.